The summed E-state index contributed by atoms with van der Waals surface area (Å²) in [5, 5.41) is 43.9. The minimum absolute atomic E-state index is 0.0252. The van der Waals surface area contributed by atoms with Crippen LogP contribution < -0.4 is 21.0 Å². The molecule has 19 nitrogen and oxygen atoms in total. The Balaban J connectivity index is 1.09. The van der Waals surface area contributed by atoms with Crippen molar-refractivity contribution in [3.8, 4) is 17.3 Å². The van der Waals surface area contributed by atoms with Gasteiger partial charge >= 0.3 is 11.9 Å². The molecule has 2 atom stereocenters. The van der Waals surface area contributed by atoms with E-state index in [2.05, 4.69) is 30.6 Å². The van der Waals surface area contributed by atoms with Crippen LogP contribution in [0.25, 0.3) is 11.6 Å². The highest BCUT2D eigenvalue weighted by atomic mass is 32.2. The maximum Gasteiger partial charge on any atom is 0.352 e. The molecule has 6 heterocycles. The predicted octanol–water partition coefficient (Wildman–Crippen LogP) is 0.107. The molecule has 50 heavy (non-hydrogen) atoms. The number of anilines is 1. The first kappa shape index (κ1) is 34.1. The van der Waals surface area contributed by atoms with Crippen molar-refractivity contribution in [1.29, 1.82) is 0 Å². The smallest absolute Gasteiger partial charge is 0.352 e. The number of thiazole rings is 1. The van der Waals surface area contributed by atoms with Crippen molar-refractivity contribution in [2.24, 2.45) is 5.16 Å². The summed E-state index contributed by atoms with van der Waals surface area (Å²) >= 11 is 3.43. The Morgan fingerprint density at radius 3 is 2.68 bits per heavy atom. The van der Waals surface area contributed by atoms with Crippen LogP contribution >= 0.6 is 34.9 Å². The van der Waals surface area contributed by atoms with Crippen molar-refractivity contribution in [1.82, 2.24) is 30.4 Å². The van der Waals surface area contributed by atoms with Gasteiger partial charge in [-0.15, -0.1) is 33.3 Å². The number of aromatic amines is 1. The first-order valence-electron chi connectivity index (χ1n) is 14.2. The molecule has 0 aromatic carbocycles. The fourth-order valence-corrected chi connectivity index (χ4v) is 7.23. The monoisotopic (exact) mass is 742 g/mol. The van der Waals surface area contributed by atoms with Gasteiger partial charge in [-0.2, -0.15) is 0 Å². The molecule has 4 aromatic heterocycles. The fourth-order valence-electron chi connectivity index (χ4n) is 4.78. The number of nitrogens with one attached hydrogen (secondary N) is 2. The Bertz CT molecular complexity index is 2110. The zero-order chi connectivity index (χ0) is 35.5. The van der Waals surface area contributed by atoms with Gasteiger partial charge in [-0.3, -0.25) is 19.3 Å². The molecule has 2 aliphatic heterocycles. The van der Waals surface area contributed by atoms with Crippen LogP contribution in [0.3, 0.4) is 0 Å². The average Bonchev–Trinajstić information content (AvgIpc) is 3.75. The van der Waals surface area contributed by atoms with Gasteiger partial charge in [0.15, 0.2) is 35.5 Å². The first-order chi connectivity index (χ1) is 24.0. The second-order valence-corrected chi connectivity index (χ2v) is 13.4. The predicted molar refractivity (Wildman–Crippen MR) is 175 cm³/mol. The van der Waals surface area contributed by atoms with E-state index in [-0.39, 0.29) is 69.3 Å². The van der Waals surface area contributed by atoms with Crippen molar-refractivity contribution >= 4 is 69.5 Å². The maximum atomic E-state index is 13.4. The zero-order valence-corrected chi connectivity index (χ0v) is 27.7. The van der Waals surface area contributed by atoms with Crippen LogP contribution in [0.15, 0.2) is 73.0 Å². The van der Waals surface area contributed by atoms with Gasteiger partial charge in [0.1, 0.15) is 35.1 Å². The van der Waals surface area contributed by atoms with E-state index in [0.29, 0.717) is 5.57 Å². The summed E-state index contributed by atoms with van der Waals surface area (Å²) in [5.41, 5.74) is 5.50. The standard InChI is InChI=1S/C28H23N9O10S3/c29-27-31-15(11-50-27)18(35-46-5-6-48-28-34-33-22(47-28)14-7-16(38)17(39)8-30-14)21(40)32-19-23(41)37-20(26(44)45)13(10-49-24(19)37)9-36-3-1-12(2-4-36)25(42)43/h1-4,7-8,11,19,24H,5-6,9-10H2,(H6-,29,30,31,32,33,35,38,39,40,42,43,44,45)/p+1/t19-,24-/m1/s1. The molecule has 0 unspecified atom stereocenters. The van der Waals surface area contributed by atoms with E-state index in [1.165, 1.54) is 41.7 Å². The Morgan fingerprint density at radius 1 is 1.22 bits per heavy atom. The van der Waals surface area contributed by atoms with Gasteiger partial charge in [-0.1, -0.05) is 16.9 Å². The van der Waals surface area contributed by atoms with Gasteiger partial charge < -0.3 is 40.6 Å². The second-order valence-electron chi connectivity index (χ2n) is 10.3. The number of aromatic carboxylic acids is 1. The second kappa shape index (κ2) is 14.4. The number of rotatable bonds is 13. The summed E-state index contributed by atoms with van der Waals surface area (Å²) in [4.78, 5) is 75.0. The fraction of sp³-hybridized carbons (Fsp3) is 0.214. The molecule has 0 spiro atoms. The van der Waals surface area contributed by atoms with Crippen LogP contribution in [0.4, 0.5) is 5.13 Å². The number of aromatic nitrogens is 5. The lowest BCUT2D eigenvalue weighted by atomic mass is 10.0. The molecule has 0 bridgehead atoms. The van der Waals surface area contributed by atoms with Gasteiger partial charge in [0.2, 0.25) is 5.43 Å². The average molecular weight is 743 g/mol. The SMILES string of the molecule is Nc1nc(/C(=N/OCCSc2nnc(-c3cc(=O)c(O)c[nH]3)o2)C(=O)N[C@@H]2C(=O)N3C(C(=O)O)=C(C[n+]4ccc(C(=O)O)cc4)CS[C@H]23)cs1. The molecule has 0 saturated carbocycles. The summed E-state index contributed by atoms with van der Waals surface area (Å²) in [6, 6.07) is 2.81. The summed E-state index contributed by atoms with van der Waals surface area (Å²) < 4.78 is 7.11. The molecule has 7 N–H and O–H groups in total. The molecular weight excluding hydrogens is 719 g/mol. The summed E-state index contributed by atoms with van der Waals surface area (Å²) in [6.45, 7) is 0.0721. The van der Waals surface area contributed by atoms with Crippen LogP contribution in [0.2, 0.25) is 0 Å². The third-order valence-electron chi connectivity index (χ3n) is 7.11. The van der Waals surface area contributed by atoms with Gasteiger partial charge in [-0.25, -0.2) is 19.1 Å². The van der Waals surface area contributed by atoms with Crippen LogP contribution in [0, 0.1) is 0 Å². The van der Waals surface area contributed by atoms with E-state index >= 15 is 0 Å². The number of nitrogens with two attached hydrogens (primary N) is 1. The van der Waals surface area contributed by atoms with E-state index in [1.54, 1.807) is 4.57 Å². The number of aliphatic carboxylic acids is 1. The van der Waals surface area contributed by atoms with Crippen LogP contribution in [0.5, 0.6) is 5.75 Å². The van der Waals surface area contributed by atoms with E-state index in [1.807, 2.05) is 0 Å². The van der Waals surface area contributed by atoms with Gasteiger partial charge in [0.05, 0.1) is 5.56 Å². The highest BCUT2D eigenvalue weighted by molar-refractivity contribution is 8.00. The number of carbonyl (C=O) groups excluding carboxylic acids is 2. The highest BCUT2D eigenvalue weighted by Gasteiger charge is 2.54. The molecule has 2 amide bonds. The normalized spacial score (nSPS) is 17.2. The lowest BCUT2D eigenvalue weighted by Gasteiger charge is -2.49. The third-order valence-corrected chi connectivity index (χ3v) is 9.91. The third kappa shape index (κ3) is 7.16. The molecule has 0 radical (unpaired) electrons. The zero-order valence-electron chi connectivity index (χ0n) is 25.2. The Hall–Kier alpha value is -5.74. The van der Waals surface area contributed by atoms with E-state index < -0.39 is 46.3 Å². The number of amides is 2. The van der Waals surface area contributed by atoms with E-state index in [0.717, 1.165) is 40.3 Å². The van der Waals surface area contributed by atoms with E-state index in [9.17, 15) is 34.2 Å². The Morgan fingerprint density at radius 2 is 2.00 bits per heavy atom. The highest BCUT2D eigenvalue weighted by Crippen LogP contribution is 2.40. The topological polar surface area (TPSA) is 280 Å². The van der Waals surface area contributed by atoms with Crippen molar-refractivity contribution in [2.75, 3.05) is 23.8 Å². The van der Waals surface area contributed by atoms with Crippen LogP contribution in [0.1, 0.15) is 16.1 Å². The lowest BCUT2D eigenvalue weighted by molar-refractivity contribution is -0.689. The number of H-pyrrole nitrogens is 1. The van der Waals surface area contributed by atoms with Gasteiger partial charge in [0.25, 0.3) is 22.9 Å². The minimum Gasteiger partial charge on any atom is -0.503 e. The number of oxime groups is 1. The number of aromatic hydroxyl groups is 1. The van der Waals surface area contributed by atoms with E-state index in [4.69, 9.17) is 20.1 Å². The van der Waals surface area contributed by atoms with Crippen molar-refractivity contribution < 1.29 is 48.3 Å². The largest absolute Gasteiger partial charge is 0.503 e. The summed E-state index contributed by atoms with van der Waals surface area (Å²) in [5.74, 6) is -3.81. The number of thioether (sulfide) groups is 2. The summed E-state index contributed by atoms with van der Waals surface area (Å²) in [7, 11) is 0. The molecule has 1 fully saturated rings. The number of nitrogen functional groups attached to an aromatic ring is 1. The number of fused-ring (bicyclic) bond motifs is 1. The van der Waals surface area contributed by atoms with Crippen molar-refractivity contribution in [2.45, 2.75) is 23.2 Å². The number of β-lactam (4-membered cyclic amide) rings is 1. The number of carboxylic acid groups (broad SMARTS) is 2. The molecule has 22 heteroatoms. The molecule has 2 aliphatic rings. The lowest BCUT2D eigenvalue weighted by Crippen LogP contribution is -2.71. The first-order valence-corrected chi connectivity index (χ1v) is 17.1. The number of pyridine rings is 2. The number of carbonyl (C=O) groups is 4. The van der Waals surface area contributed by atoms with Crippen LogP contribution in [-0.2, 0) is 25.8 Å². The molecular formula is C28H24N9O10S3+. The molecule has 1 saturated heterocycles. The number of carboxylic acids is 2. The maximum absolute atomic E-state index is 13.4. The molecule has 6 rings (SSSR count). The van der Waals surface area contributed by atoms with Crippen LogP contribution in [-0.4, -0.2) is 99.4 Å². The Labute approximate surface area is 291 Å². The Kier molecular flexibility index (Phi) is 9.83. The molecule has 0 aliphatic carbocycles. The van der Waals surface area contributed by atoms with Crippen molar-refractivity contribution in [3.05, 3.63) is 74.9 Å². The quantitative estimate of drug-likeness (QED) is 0.0265. The van der Waals surface area contributed by atoms with Gasteiger partial charge in [0, 0.05) is 46.9 Å². The van der Waals surface area contributed by atoms with Crippen molar-refractivity contribution in [3.63, 3.8) is 0 Å². The number of nitrogens with zero attached hydrogens (tertiary/aromatic N) is 6. The minimum atomic E-state index is -1.32. The molecule has 258 valence electrons. The van der Waals surface area contributed by atoms with Gasteiger partial charge in [-0.05, 0) is 0 Å². The molecule has 4 aromatic rings. The summed E-state index contributed by atoms with van der Waals surface area (Å²) in [6.07, 6.45) is 4.11. The number of hydrogen-bond acceptors (Lipinski definition) is 16. The number of hydrogen-bond donors (Lipinski definition) is 6.